The lowest BCUT2D eigenvalue weighted by Crippen LogP contribution is -2.35. The van der Waals surface area contributed by atoms with Crippen molar-refractivity contribution in [3.63, 3.8) is 0 Å². The van der Waals surface area contributed by atoms with Crippen LogP contribution in [0.15, 0.2) is 24.3 Å². The summed E-state index contributed by atoms with van der Waals surface area (Å²) in [6.07, 6.45) is 2.34. The Bertz CT molecular complexity index is 326. The van der Waals surface area contributed by atoms with Crippen molar-refractivity contribution in [1.29, 1.82) is 0 Å². The molecule has 0 bridgehead atoms. The van der Waals surface area contributed by atoms with Gasteiger partial charge in [0.15, 0.2) is 0 Å². The minimum absolute atomic E-state index is 0.353. The smallest absolute Gasteiger partial charge is 0.115 e. The topological polar surface area (TPSA) is 23.5 Å². The Morgan fingerprint density at radius 1 is 1.29 bits per heavy atom. The first-order valence-electron chi connectivity index (χ1n) is 6.29. The molecule has 0 fully saturated rings. The van der Waals surface area contributed by atoms with Crippen molar-refractivity contribution in [2.75, 3.05) is 11.9 Å². The SMILES string of the molecule is CCC(CC)N(CCBr)Cc1cccc(O)c1. The average Bonchev–Trinajstić information content (AvgIpc) is 2.31. The Hall–Kier alpha value is -0.540. The molecular weight excluding hydrogens is 278 g/mol. The largest absolute Gasteiger partial charge is 0.508 e. The summed E-state index contributed by atoms with van der Waals surface area (Å²) in [5.41, 5.74) is 1.18. The summed E-state index contributed by atoms with van der Waals surface area (Å²) >= 11 is 3.51. The lowest BCUT2D eigenvalue weighted by Gasteiger charge is -2.29. The van der Waals surface area contributed by atoms with Crippen LogP contribution in [-0.2, 0) is 6.54 Å². The zero-order chi connectivity index (χ0) is 12.7. The third-order valence-electron chi connectivity index (χ3n) is 3.13. The zero-order valence-electron chi connectivity index (χ0n) is 10.7. The molecule has 0 aliphatic rings. The Labute approximate surface area is 113 Å². The molecule has 0 unspecified atom stereocenters. The Morgan fingerprint density at radius 2 is 2.00 bits per heavy atom. The van der Waals surface area contributed by atoms with Gasteiger partial charge in [0, 0.05) is 24.5 Å². The second kappa shape index (κ2) is 7.72. The summed E-state index contributed by atoms with van der Waals surface area (Å²) in [4.78, 5) is 2.48. The summed E-state index contributed by atoms with van der Waals surface area (Å²) in [6.45, 7) is 6.42. The molecule has 1 aromatic rings. The van der Waals surface area contributed by atoms with Gasteiger partial charge in [-0.3, -0.25) is 4.90 Å². The van der Waals surface area contributed by atoms with E-state index in [9.17, 15) is 5.11 Å². The highest BCUT2D eigenvalue weighted by Gasteiger charge is 2.14. The van der Waals surface area contributed by atoms with Gasteiger partial charge >= 0.3 is 0 Å². The van der Waals surface area contributed by atoms with Gasteiger partial charge in [-0.1, -0.05) is 41.9 Å². The van der Waals surface area contributed by atoms with Gasteiger partial charge in [-0.25, -0.2) is 0 Å². The van der Waals surface area contributed by atoms with E-state index in [4.69, 9.17) is 0 Å². The molecule has 0 aliphatic heterocycles. The Morgan fingerprint density at radius 3 is 2.53 bits per heavy atom. The van der Waals surface area contributed by atoms with E-state index in [1.165, 1.54) is 18.4 Å². The monoisotopic (exact) mass is 299 g/mol. The molecule has 0 saturated carbocycles. The number of aromatic hydroxyl groups is 1. The molecular formula is C14H22BrNO. The molecule has 0 aromatic heterocycles. The third-order valence-corrected chi connectivity index (χ3v) is 3.48. The van der Waals surface area contributed by atoms with E-state index in [0.717, 1.165) is 18.4 Å². The van der Waals surface area contributed by atoms with Gasteiger partial charge in [0.2, 0.25) is 0 Å². The van der Waals surface area contributed by atoms with E-state index in [1.807, 2.05) is 12.1 Å². The van der Waals surface area contributed by atoms with Crippen molar-refractivity contribution >= 4 is 15.9 Å². The van der Waals surface area contributed by atoms with Crippen molar-refractivity contribution in [1.82, 2.24) is 4.90 Å². The van der Waals surface area contributed by atoms with Crippen molar-refractivity contribution in [2.45, 2.75) is 39.3 Å². The fourth-order valence-corrected chi connectivity index (χ4v) is 2.65. The van der Waals surface area contributed by atoms with Gasteiger partial charge < -0.3 is 5.11 Å². The Kier molecular flexibility index (Phi) is 6.60. The van der Waals surface area contributed by atoms with Crippen molar-refractivity contribution in [3.05, 3.63) is 29.8 Å². The summed E-state index contributed by atoms with van der Waals surface area (Å²) in [5.74, 6) is 0.353. The quantitative estimate of drug-likeness (QED) is 0.775. The fourth-order valence-electron chi connectivity index (χ4n) is 2.19. The number of rotatable bonds is 7. The van der Waals surface area contributed by atoms with E-state index in [2.05, 4.69) is 40.7 Å². The first-order valence-corrected chi connectivity index (χ1v) is 7.41. The van der Waals surface area contributed by atoms with Gasteiger partial charge in [0.25, 0.3) is 0 Å². The number of phenolic OH excluding ortho intramolecular Hbond substituents is 1. The van der Waals surface area contributed by atoms with Crippen LogP contribution in [0.1, 0.15) is 32.3 Å². The second-order valence-corrected chi connectivity index (χ2v) is 5.09. The molecule has 2 nitrogen and oxygen atoms in total. The maximum Gasteiger partial charge on any atom is 0.115 e. The molecule has 3 heteroatoms. The highest BCUT2D eigenvalue weighted by Crippen LogP contribution is 2.17. The van der Waals surface area contributed by atoms with E-state index in [0.29, 0.717) is 11.8 Å². The van der Waals surface area contributed by atoms with Crippen molar-refractivity contribution in [3.8, 4) is 5.75 Å². The number of hydrogen-bond acceptors (Lipinski definition) is 2. The molecule has 0 aliphatic carbocycles. The molecule has 0 radical (unpaired) electrons. The van der Waals surface area contributed by atoms with Gasteiger partial charge in [0.1, 0.15) is 5.75 Å². The van der Waals surface area contributed by atoms with E-state index in [1.54, 1.807) is 6.07 Å². The molecule has 0 amide bonds. The number of phenols is 1. The minimum atomic E-state index is 0.353. The number of halogens is 1. The predicted molar refractivity (Wildman–Crippen MR) is 76.7 cm³/mol. The minimum Gasteiger partial charge on any atom is -0.508 e. The van der Waals surface area contributed by atoms with Crippen LogP contribution in [0, 0.1) is 0 Å². The van der Waals surface area contributed by atoms with Crippen LogP contribution in [0.5, 0.6) is 5.75 Å². The summed E-state index contributed by atoms with van der Waals surface area (Å²) in [6, 6.07) is 8.17. The van der Waals surface area contributed by atoms with E-state index in [-0.39, 0.29) is 0 Å². The van der Waals surface area contributed by atoms with Gasteiger partial charge in [0.05, 0.1) is 0 Å². The standard InChI is InChI=1S/C14H22BrNO/c1-3-13(4-2)16(9-8-15)11-12-6-5-7-14(17)10-12/h5-7,10,13,17H,3-4,8-9,11H2,1-2H3. The molecule has 1 N–H and O–H groups in total. The normalized spacial score (nSPS) is 11.4. The maximum atomic E-state index is 9.48. The molecule has 0 heterocycles. The first-order chi connectivity index (χ1) is 8.21. The molecule has 17 heavy (non-hydrogen) atoms. The molecule has 0 atom stereocenters. The van der Waals surface area contributed by atoms with E-state index >= 15 is 0 Å². The lowest BCUT2D eigenvalue weighted by atomic mass is 10.1. The van der Waals surface area contributed by atoms with Crippen LogP contribution in [-0.4, -0.2) is 27.9 Å². The van der Waals surface area contributed by atoms with E-state index < -0.39 is 0 Å². The zero-order valence-corrected chi connectivity index (χ0v) is 12.3. The van der Waals surface area contributed by atoms with Crippen LogP contribution in [0.3, 0.4) is 0 Å². The van der Waals surface area contributed by atoms with Crippen LogP contribution < -0.4 is 0 Å². The van der Waals surface area contributed by atoms with Gasteiger partial charge in [-0.15, -0.1) is 0 Å². The summed E-state index contributed by atoms with van der Waals surface area (Å²) in [7, 11) is 0. The number of benzene rings is 1. The summed E-state index contributed by atoms with van der Waals surface area (Å²) < 4.78 is 0. The highest BCUT2D eigenvalue weighted by molar-refractivity contribution is 9.09. The lowest BCUT2D eigenvalue weighted by molar-refractivity contribution is 0.189. The third kappa shape index (κ3) is 4.68. The number of alkyl halides is 1. The fraction of sp³-hybridized carbons (Fsp3) is 0.571. The highest BCUT2D eigenvalue weighted by atomic mass is 79.9. The molecule has 0 spiro atoms. The number of nitrogens with zero attached hydrogens (tertiary/aromatic N) is 1. The van der Waals surface area contributed by atoms with Crippen LogP contribution in [0.25, 0.3) is 0 Å². The predicted octanol–water partition coefficient (Wildman–Crippen LogP) is 3.78. The maximum absolute atomic E-state index is 9.48. The van der Waals surface area contributed by atoms with Crippen LogP contribution >= 0.6 is 15.9 Å². The molecule has 96 valence electrons. The Balaban J connectivity index is 2.71. The van der Waals surface area contributed by atoms with Crippen molar-refractivity contribution in [2.24, 2.45) is 0 Å². The summed E-state index contributed by atoms with van der Waals surface area (Å²) in [5, 5.41) is 10.5. The second-order valence-electron chi connectivity index (χ2n) is 4.30. The number of hydrogen-bond donors (Lipinski definition) is 1. The van der Waals surface area contributed by atoms with Crippen molar-refractivity contribution < 1.29 is 5.11 Å². The molecule has 0 saturated heterocycles. The van der Waals surface area contributed by atoms with Gasteiger partial charge in [-0.2, -0.15) is 0 Å². The molecule has 1 aromatic carbocycles. The molecule has 1 rings (SSSR count). The van der Waals surface area contributed by atoms with Crippen LogP contribution in [0.4, 0.5) is 0 Å². The first kappa shape index (κ1) is 14.5. The van der Waals surface area contributed by atoms with Crippen LogP contribution in [0.2, 0.25) is 0 Å². The average molecular weight is 300 g/mol. The van der Waals surface area contributed by atoms with Gasteiger partial charge in [-0.05, 0) is 30.5 Å².